The van der Waals surface area contributed by atoms with Crippen LogP contribution in [0.25, 0.3) is 0 Å². The van der Waals surface area contributed by atoms with E-state index in [1.165, 1.54) is 12.3 Å². The topological polar surface area (TPSA) is 38.1 Å². The van der Waals surface area contributed by atoms with Crippen LogP contribution >= 0.6 is 11.6 Å². The highest BCUT2D eigenvalue weighted by atomic mass is 35.5. The fraction of sp³-hybridized carbons (Fsp3) is 0.333. The van der Waals surface area contributed by atoms with Crippen LogP contribution in [0.2, 0.25) is 5.02 Å². The fourth-order valence-electron chi connectivity index (χ4n) is 2.00. The van der Waals surface area contributed by atoms with Gasteiger partial charge in [-0.1, -0.05) is 29.8 Å². The van der Waals surface area contributed by atoms with Gasteiger partial charge < -0.3 is 4.90 Å². The first kappa shape index (κ1) is 15.7. The third-order valence-corrected chi connectivity index (χ3v) is 3.40. The molecule has 1 heterocycles. The number of likely N-dealkylation sites (N-methyl/N-ethyl adjacent to an activating group) is 1. The molecule has 0 unspecified atom stereocenters. The molecule has 0 aliphatic rings. The highest BCUT2D eigenvalue weighted by Gasteiger charge is 2.19. The molecular weight excluding hydrogens is 293 g/mol. The van der Waals surface area contributed by atoms with E-state index >= 15 is 0 Å². The van der Waals surface area contributed by atoms with Gasteiger partial charge >= 0.3 is 0 Å². The van der Waals surface area contributed by atoms with Crippen molar-refractivity contribution in [3.05, 3.63) is 52.6 Å². The average molecular weight is 310 g/mol. The van der Waals surface area contributed by atoms with Crippen molar-refractivity contribution in [2.75, 3.05) is 20.6 Å². The number of hydrogen-bond acceptors (Lipinski definition) is 3. The molecule has 0 aliphatic carbocycles. The number of hydrogen-bond donors (Lipinski definition) is 0. The predicted molar refractivity (Wildman–Crippen MR) is 80.2 cm³/mol. The number of ketones is 1. The molecule has 2 aromatic rings. The van der Waals surface area contributed by atoms with Crippen molar-refractivity contribution < 1.29 is 9.18 Å². The molecule has 6 heteroatoms. The first-order chi connectivity index (χ1) is 9.99. The molecule has 0 bridgehead atoms. The average Bonchev–Trinajstić information content (AvgIpc) is 2.80. The summed E-state index contributed by atoms with van der Waals surface area (Å²) in [6.45, 7) is 1.29. The van der Waals surface area contributed by atoms with Crippen molar-refractivity contribution >= 4 is 17.4 Å². The van der Waals surface area contributed by atoms with E-state index in [0.29, 0.717) is 22.8 Å². The Labute approximate surface area is 128 Å². The van der Waals surface area contributed by atoms with Crippen LogP contribution in [0.1, 0.15) is 16.1 Å². The van der Waals surface area contributed by atoms with E-state index in [9.17, 15) is 9.18 Å². The summed E-state index contributed by atoms with van der Waals surface area (Å²) in [5.74, 6) is -0.623. The van der Waals surface area contributed by atoms with Crippen LogP contribution < -0.4 is 0 Å². The number of nitrogens with zero attached hydrogens (tertiary/aromatic N) is 3. The Kier molecular flexibility index (Phi) is 5.09. The maximum atomic E-state index is 13.6. The summed E-state index contributed by atoms with van der Waals surface area (Å²) >= 11 is 6.05. The minimum atomic E-state index is -0.388. The molecule has 0 radical (unpaired) electrons. The lowest BCUT2D eigenvalue weighted by molar-refractivity contribution is 0.0981. The second kappa shape index (κ2) is 6.83. The van der Waals surface area contributed by atoms with E-state index in [-0.39, 0.29) is 18.0 Å². The number of halogens is 2. The van der Waals surface area contributed by atoms with Crippen molar-refractivity contribution in [2.45, 2.75) is 13.0 Å². The Bertz CT molecular complexity index is 640. The van der Waals surface area contributed by atoms with Gasteiger partial charge in [0.1, 0.15) is 11.5 Å². The van der Waals surface area contributed by atoms with Crippen molar-refractivity contribution in [3.8, 4) is 0 Å². The monoisotopic (exact) mass is 309 g/mol. The summed E-state index contributed by atoms with van der Waals surface area (Å²) in [5, 5.41) is 4.42. The Morgan fingerprint density at radius 1 is 1.38 bits per heavy atom. The van der Waals surface area contributed by atoms with Gasteiger partial charge in [0.2, 0.25) is 0 Å². The van der Waals surface area contributed by atoms with Gasteiger partial charge in [-0.2, -0.15) is 5.10 Å². The molecule has 0 N–H and O–H groups in total. The number of aromatic nitrogens is 2. The quantitative estimate of drug-likeness (QED) is 0.770. The molecule has 0 fully saturated rings. The van der Waals surface area contributed by atoms with Gasteiger partial charge in [0.15, 0.2) is 5.78 Å². The van der Waals surface area contributed by atoms with Gasteiger partial charge in [-0.15, -0.1) is 0 Å². The van der Waals surface area contributed by atoms with E-state index in [2.05, 4.69) is 5.10 Å². The lowest BCUT2D eigenvalue weighted by Crippen LogP contribution is -2.22. The van der Waals surface area contributed by atoms with Crippen LogP contribution in [0, 0.1) is 5.82 Å². The normalized spacial score (nSPS) is 11.1. The number of carbonyl (C=O) groups is 1. The molecule has 0 aliphatic heterocycles. The van der Waals surface area contributed by atoms with Crippen molar-refractivity contribution in [1.82, 2.24) is 14.7 Å². The van der Waals surface area contributed by atoms with Gasteiger partial charge in [0.25, 0.3) is 0 Å². The molecular formula is C15H17ClFN3O. The molecule has 1 aromatic carbocycles. The van der Waals surface area contributed by atoms with Gasteiger partial charge in [-0.25, -0.2) is 4.39 Å². The zero-order chi connectivity index (χ0) is 15.4. The molecule has 112 valence electrons. The van der Waals surface area contributed by atoms with E-state index in [4.69, 9.17) is 11.6 Å². The number of carbonyl (C=O) groups excluding carboxylic acids is 1. The van der Waals surface area contributed by atoms with Crippen LogP contribution in [0.15, 0.2) is 30.5 Å². The number of rotatable bonds is 6. The van der Waals surface area contributed by atoms with Gasteiger partial charge in [0.05, 0.1) is 17.8 Å². The van der Waals surface area contributed by atoms with E-state index in [1.807, 2.05) is 19.0 Å². The Hall–Kier alpha value is -1.72. The lowest BCUT2D eigenvalue weighted by Gasteiger charge is -2.12. The SMILES string of the molecule is CN(C)CCn1ncc(Cl)c1C(=O)Cc1ccccc1F. The van der Waals surface area contributed by atoms with Gasteiger partial charge in [-0.05, 0) is 25.7 Å². The summed E-state index contributed by atoms with van der Waals surface area (Å²) in [4.78, 5) is 14.4. The molecule has 2 rings (SSSR count). The molecule has 0 saturated heterocycles. The third-order valence-electron chi connectivity index (χ3n) is 3.13. The summed E-state index contributed by atoms with van der Waals surface area (Å²) in [5.41, 5.74) is 0.695. The predicted octanol–water partition coefficient (Wildman–Crippen LogP) is 2.66. The standard InChI is InChI=1S/C15H17ClFN3O/c1-19(2)7-8-20-15(12(16)10-18-20)14(21)9-11-5-3-4-6-13(11)17/h3-6,10H,7-9H2,1-2H3. The summed E-state index contributed by atoms with van der Waals surface area (Å²) < 4.78 is 15.2. The van der Waals surface area contributed by atoms with E-state index in [0.717, 1.165) is 6.54 Å². The van der Waals surface area contributed by atoms with E-state index < -0.39 is 0 Å². The van der Waals surface area contributed by atoms with Crippen LogP contribution in [-0.2, 0) is 13.0 Å². The lowest BCUT2D eigenvalue weighted by atomic mass is 10.1. The van der Waals surface area contributed by atoms with E-state index in [1.54, 1.807) is 22.9 Å². The van der Waals surface area contributed by atoms with Crippen LogP contribution in [0.4, 0.5) is 4.39 Å². The van der Waals surface area contributed by atoms with Crippen LogP contribution in [-0.4, -0.2) is 41.1 Å². The summed E-state index contributed by atoms with van der Waals surface area (Å²) in [6, 6.07) is 6.24. The fourth-order valence-corrected chi connectivity index (χ4v) is 2.25. The maximum absolute atomic E-state index is 13.6. The zero-order valence-electron chi connectivity index (χ0n) is 12.0. The molecule has 1 aromatic heterocycles. The zero-order valence-corrected chi connectivity index (χ0v) is 12.8. The second-order valence-electron chi connectivity index (χ2n) is 5.06. The van der Waals surface area contributed by atoms with Crippen LogP contribution in [0.5, 0.6) is 0 Å². The first-order valence-corrected chi connectivity index (χ1v) is 6.99. The number of benzene rings is 1. The Morgan fingerprint density at radius 3 is 2.76 bits per heavy atom. The second-order valence-corrected chi connectivity index (χ2v) is 5.47. The highest BCUT2D eigenvalue weighted by molar-refractivity contribution is 6.33. The molecule has 0 saturated carbocycles. The minimum Gasteiger partial charge on any atom is -0.308 e. The molecule has 0 amide bonds. The number of Topliss-reactive ketones (excluding diaryl/α,β-unsaturated/α-hetero) is 1. The van der Waals surface area contributed by atoms with Crippen LogP contribution in [0.3, 0.4) is 0 Å². The maximum Gasteiger partial charge on any atom is 0.186 e. The van der Waals surface area contributed by atoms with Gasteiger partial charge in [0, 0.05) is 13.0 Å². The molecule has 0 atom stereocenters. The smallest absolute Gasteiger partial charge is 0.186 e. The van der Waals surface area contributed by atoms with Crippen molar-refractivity contribution in [2.24, 2.45) is 0 Å². The van der Waals surface area contributed by atoms with Crippen molar-refractivity contribution in [3.63, 3.8) is 0 Å². The third kappa shape index (κ3) is 3.89. The largest absolute Gasteiger partial charge is 0.308 e. The molecule has 21 heavy (non-hydrogen) atoms. The Morgan fingerprint density at radius 2 is 2.10 bits per heavy atom. The molecule has 4 nitrogen and oxygen atoms in total. The Balaban J connectivity index is 2.19. The van der Waals surface area contributed by atoms with Crippen molar-refractivity contribution in [1.29, 1.82) is 0 Å². The summed E-state index contributed by atoms with van der Waals surface area (Å²) in [7, 11) is 3.87. The van der Waals surface area contributed by atoms with Gasteiger partial charge in [-0.3, -0.25) is 9.48 Å². The summed E-state index contributed by atoms with van der Waals surface area (Å²) in [6.07, 6.45) is 1.42. The molecule has 0 spiro atoms. The highest BCUT2D eigenvalue weighted by Crippen LogP contribution is 2.18. The minimum absolute atomic E-state index is 0.0277. The first-order valence-electron chi connectivity index (χ1n) is 6.61.